The Morgan fingerprint density at radius 2 is 1.93 bits per heavy atom. The molecule has 0 radical (unpaired) electrons. The highest BCUT2D eigenvalue weighted by Gasteiger charge is 2.36. The van der Waals surface area contributed by atoms with Crippen LogP contribution in [-0.2, 0) is 11.3 Å². The van der Waals surface area contributed by atoms with Crippen LogP contribution in [0.1, 0.15) is 18.1 Å². The zero-order chi connectivity index (χ0) is 21.4. The van der Waals surface area contributed by atoms with Crippen molar-refractivity contribution < 1.29 is 23.8 Å². The van der Waals surface area contributed by atoms with Crippen molar-refractivity contribution >= 4 is 85.8 Å². The summed E-state index contributed by atoms with van der Waals surface area (Å²) < 4.78 is 18.4. The van der Waals surface area contributed by atoms with Crippen LogP contribution in [0, 0.1) is 7.14 Å². The summed E-state index contributed by atoms with van der Waals surface area (Å²) in [4.78, 5) is 27.1. The highest BCUT2D eigenvalue weighted by atomic mass is 127. The zero-order valence-electron chi connectivity index (χ0n) is 15.5. The van der Waals surface area contributed by atoms with Gasteiger partial charge in [-0.05, 0) is 93.7 Å². The molecule has 0 unspecified atom stereocenters. The maximum atomic E-state index is 13.0. The number of hydrogen-bond acceptors (Lipinski definition) is 6. The van der Waals surface area contributed by atoms with Gasteiger partial charge in [0.05, 0.1) is 21.6 Å². The van der Waals surface area contributed by atoms with Gasteiger partial charge in [-0.3, -0.25) is 14.5 Å². The quantitative estimate of drug-likeness (QED) is 0.292. The van der Waals surface area contributed by atoms with Gasteiger partial charge in [0.15, 0.2) is 11.5 Å². The average Bonchev–Trinajstić information content (AvgIpc) is 3.24. The van der Waals surface area contributed by atoms with E-state index >= 15 is 0 Å². The molecular weight excluding hydrogens is 656 g/mol. The van der Waals surface area contributed by atoms with Crippen LogP contribution >= 0.6 is 68.5 Å². The molecule has 2 aromatic carbocycles. The predicted molar refractivity (Wildman–Crippen MR) is 132 cm³/mol. The van der Waals surface area contributed by atoms with Crippen molar-refractivity contribution in [2.24, 2.45) is 0 Å². The summed E-state index contributed by atoms with van der Waals surface area (Å²) in [5.41, 5.74) is 1.38. The number of halogens is 3. The molecule has 6 nitrogen and oxygen atoms in total. The van der Waals surface area contributed by atoms with E-state index in [1.165, 1.54) is 4.90 Å². The molecule has 0 atom stereocenters. The molecule has 0 bridgehead atoms. The van der Waals surface area contributed by atoms with E-state index in [1.54, 1.807) is 18.2 Å². The van der Waals surface area contributed by atoms with Gasteiger partial charge in [-0.2, -0.15) is 0 Å². The lowest BCUT2D eigenvalue weighted by atomic mass is 10.1. The van der Waals surface area contributed by atoms with E-state index in [0.717, 1.165) is 24.5 Å². The summed E-state index contributed by atoms with van der Waals surface area (Å²) in [6.07, 6.45) is 1.71. The molecule has 0 spiro atoms. The van der Waals surface area contributed by atoms with Crippen molar-refractivity contribution in [3.63, 3.8) is 0 Å². The molecule has 0 aromatic heterocycles. The number of hydrogen-bond donors (Lipinski definition) is 0. The summed E-state index contributed by atoms with van der Waals surface area (Å²) >= 11 is 11.6. The van der Waals surface area contributed by atoms with Crippen LogP contribution in [0.25, 0.3) is 6.08 Å². The molecule has 2 aliphatic heterocycles. The number of rotatable bonds is 5. The standard InChI is InChI=1S/C20H14ClI2NO5S/c1-2-27-18-10(3-12(22)6-14(18)23)5-17-19(25)24(20(26)30-17)8-11-4-15-16(7-13(11)21)29-9-28-15/h3-7H,2,8-9H2,1H3/b17-5+. The van der Waals surface area contributed by atoms with E-state index in [9.17, 15) is 9.59 Å². The molecule has 10 heteroatoms. The fourth-order valence-electron chi connectivity index (χ4n) is 3.01. The van der Waals surface area contributed by atoms with Crippen LogP contribution in [0.5, 0.6) is 17.2 Å². The molecule has 2 aromatic rings. The van der Waals surface area contributed by atoms with Gasteiger partial charge in [-0.15, -0.1) is 0 Å². The van der Waals surface area contributed by atoms with Gasteiger partial charge in [0.1, 0.15) is 5.75 Å². The smallest absolute Gasteiger partial charge is 0.293 e. The second-order valence-electron chi connectivity index (χ2n) is 6.30. The van der Waals surface area contributed by atoms with Crippen LogP contribution < -0.4 is 14.2 Å². The maximum Gasteiger partial charge on any atom is 0.293 e. The van der Waals surface area contributed by atoms with Crippen molar-refractivity contribution in [3.05, 3.63) is 52.5 Å². The maximum absolute atomic E-state index is 13.0. The minimum Gasteiger partial charge on any atom is -0.492 e. The van der Waals surface area contributed by atoms with Crippen molar-refractivity contribution in [1.29, 1.82) is 0 Å². The van der Waals surface area contributed by atoms with Gasteiger partial charge in [0, 0.05) is 20.2 Å². The lowest BCUT2D eigenvalue weighted by Gasteiger charge is -2.14. The topological polar surface area (TPSA) is 65.1 Å². The van der Waals surface area contributed by atoms with E-state index in [4.69, 9.17) is 25.8 Å². The van der Waals surface area contributed by atoms with Gasteiger partial charge in [0.25, 0.3) is 11.1 Å². The van der Waals surface area contributed by atoms with E-state index in [1.807, 2.05) is 19.1 Å². The Morgan fingerprint density at radius 1 is 1.20 bits per heavy atom. The number of carbonyl (C=O) groups is 2. The number of amides is 2. The Labute approximate surface area is 209 Å². The summed E-state index contributed by atoms with van der Waals surface area (Å²) in [6.45, 7) is 2.58. The minimum atomic E-state index is -0.366. The molecule has 156 valence electrons. The monoisotopic (exact) mass is 669 g/mol. The van der Waals surface area contributed by atoms with Crippen LogP contribution in [0.2, 0.25) is 5.02 Å². The number of imide groups is 1. The molecule has 4 rings (SSSR count). The molecule has 0 N–H and O–H groups in total. The minimum absolute atomic E-state index is 0.0552. The first kappa shape index (κ1) is 22.0. The van der Waals surface area contributed by atoms with Crippen molar-refractivity contribution in [2.75, 3.05) is 13.4 Å². The molecule has 30 heavy (non-hydrogen) atoms. The van der Waals surface area contributed by atoms with Crippen LogP contribution in [0.4, 0.5) is 4.79 Å². The van der Waals surface area contributed by atoms with E-state index in [0.29, 0.717) is 39.3 Å². The van der Waals surface area contributed by atoms with Crippen molar-refractivity contribution in [2.45, 2.75) is 13.5 Å². The SMILES string of the molecule is CCOc1c(I)cc(I)cc1/C=C1/SC(=O)N(Cc2cc3c(cc2Cl)OCO3)C1=O. The zero-order valence-corrected chi connectivity index (χ0v) is 21.4. The van der Waals surface area contributed by atoms with Crippen molar-refractivity contribution in [1.82, 2.24) is 4.90 Å². The summed E-state index contributed by atoms with van der Waals surface area (Å²) in [5.74, 6) is 1.43. The third-order valence-corrected chi connectivity index (χ3v) is 7.04. The Kier molecular flexibility index (Phi) is 6.70. The highest BCUT2D eigenvalue weighted by Crippen LogP contribution is 2.40. The van der Waals surface area contributed by atoms with Gasteiger partial charge < -0.3 is 14.2 Å². The Morgan fingerprint density at radius 3 is 2.67 bits per heavy atom. The van der Waals surface area contributed by atoms with E-state index in [-0.39, 0.29) is 24.5 Å². The van der Waals surface area contributed by atoms with Crippen LogP contribution in [-0.4, -0.2) is 29.4 Å². The molecule has 2 aliphatic rings. The first-order valence-electron chi connectivity index (χ1n) is 8.82. The van der Waals surface area contributed by atoms with Crippen LogP contribution in [0.15, 0.2) is 29.2 Å². The molecule has 0 saturated carbocycles. The molecule has 2 amide bonds. The number of nitrogens with zero attached hydrogens (tertiary/aromatic N) is 1. The number of carbonyl (C=O) groups excluding carboxylic acids is 2. The second-order valence-corrected chi connectivity index (χ2v) is 10.1. The highest BCUT2D eigenvalue weighted by molar-refractivity contribution is 14.1. The molecule has 1 fully saturated rings. The first-order valence-corrected chi connectivity index (χ1v) is 12.2. The van der Waals surface area contributed by atoms with Gasteiger partial charge in [-0.25, -0.2) is 0 Å². The third kappa shape index (κ3) is 4.39. The van der Waals surface area contributed by atoms with Crippen molar-refractivity contribution in [3.8, 4) is 17.2 Å². The molecular formula is C20H14ClI2NO5S. The summed E-state index contributed by atoms with van der Waals surface area (Å²) in [6, 6.07) is 7.26. The molecule has 0 aliphatic carbocycles. The van der Waals surface area contributed by atoms with E-state index in [2.05, 4.69) is 45.2 Å². The Hall–Kier alpha value is -1.18. The van der Waals surface area contributed by atoms with Gasteiger partial charge in [0.2, 0.25) is 6.79 Å². The summed E-state index contributed by atoms with van der Waals surface area (Å²) in [7, 11) is 0. The number of benzene rings is 2. The lowest BCUT2D eigenvalue weighted by Crippen LogP contribution is -2.27. The molecule has 2 heterocycles. The van der Waals surface area contributed by atoms with E-state index < -0.39 is 0 Å². The number of fused-ring (bicyclic) bond motifs is 1. The van der Waals surface area contributed by atoms with Gasteiger partial charge >= 0.3 is 0 Å². The third-order valence-electron chi connectivity index (χ3n) is 4.36. The average molecular weight is 670 g/mol. The number of thioether (sulfide) groups is 1. The number of ether oxygens (including phenoxy) is 3. The summed E-state index contributed by atoms with van der Waals surface area (Å²) in [5, 5.41) is 0.0614. The second kappa shape index (κ2) is 9.13. The van der Waals surface area contributed by atoms with Gasteiger partial charge in [-0.1, -0.05) is 11.6 Å². The molecule has 1 saturated heterocycles. The fraction of sp³-hybridized carbons (Fsp3) is 0.200. The predicted octanol–water partition coefficient (Wildman–Crippen LogP) is 5.91. The normalized spacial score (nSPS) is 16.7. The fourth-order valence-corrected chi connectivity index (χ4v) is 6.10. The Bertz CT molecular complexity index is 1090. The first-order chi connectivity index (χ1) is 14.4. The van der Waals surface area contributed by atoms with Crippen LogP contribution in [0.3, 0.4) is 0 Å². The lowest BCUT2D eigenvalue weighted by molar-refractivity contribution is -0.123. The Balaban J connectivity index is 1.63. The largest absolute Gasteiger partial charge is 0.492 e.